The molecule has 0 bridgehead atoms. The van der Waals surface area contributed by atoms with Crippen molar-refractivity contribution in [3.63, 3.8) is 0 Å². The average molecular weight is 326 g/mol. The Labute approximate surface area is 120 Å². The number of aryl methyl sites for hydroxylation is 1. The van der Waals surface area contributed by atoms with E-state index in [1.54, 1.807) is 6.92 Å². The van der Waals surface area contributed by atoms with E-state index in [2.05, 4.69) is 38.3 Å². The first kappa shape index (κ1) is 14.0. The molecule has 0 unspecified atom stereocenters. The summed E-state index contributed by atoms with van der Waals surface area (Å²) in [5, 5.41) is 7.06. The highest BCUT2D eigenvalue weighted by Gasteiger charge is 2.06. The van der Waals surface area contributed by atoms with E-state index >= 15 is 0 Å². The summed E-state index contributed by atoms with van der Waals surface area (Å²) in [4.78, 5) is 4.09. The van der Waals surface area contributed by atoms with Crippen molar-refractivity contribution in [3.8, 4) is 5.75 Å². The molecule has 5 nitrogen and oxygen atoms in total. The molecule has 0 fully saturated rings. The molecule has 0 radical (unpaired) electrons. The van der Waals surface area contributed by atoms with Crippen molar-refractivity contribution in [2.45, 2.75) is 27.0 Å². The van der Waals surface area contributed by atoms with Gasteiger partial charge in [0.05, 0.1) is 4.47 Å². The lowest BCUT2D eigenvalue weighted by molar-refractivity contribution is 0.284. The molecule has 0 spiro atoms. The van der Waals surface area contributed by atoms with Crippen LogP contribution in [0.25, 0.3) is 0 Å². The lowest BCUT2D eigenvalue weighted by atomic mass is 10.2. The second kappa shape index (κ2) is 6.68. The van der Waals surface area contributed by atoms with Crippen LogP contribution < -0.4 is 10.1 Å². The largest absolute Gasteiger partial charge is 0.484 e. The second-order valence-corrected chi connectivity index (χ2v) is 4.92. The van der Waals surface area contributed by atoms with Gasteiger partial charge in [-0.15, -0.1) is 0 Å². The topological polar surface area (TPSA) is 60.2 Å². The van der Waals surface area contributed by atoms with Gasteiger partial charge in [-0.05, 0) is 40.2 Å². The number of benzene rings is 1. The van der Waals surface area contributed by atoms with Crippen LogP contribution in [-0.2, 0) is 13.2 Å². The number of hydrogen-bond acceptors (Lipinski definition) is 5. The molecule has 1 aromatic heterocycles. The van der Waals surface area contributed by atoms with E-state index in [0.29, 0.717) is 18.3 Å². The Morgan fingerprint density at radius 3 is 2.89 bits per heavy atom. The minimum Gasteiger partial charge on any atom is -0.484 e. The molecule has 19 heavy (non-hydrogen) atoms. The van der Waals surface area contributed by atoms with Crippen LogP contribution in [0.15, 0.2) is 27.2 Å². The molecule has 0 atom stereocenters. The van der Waals surface area contributed by atoms with E-state index in [9.17, 15) is 0 Å². The van der Waals surface area contributed by atoms with E-state index in [1.807, 2.05) is 18.2 Å². The molecule has 2 aromatic rings. The van der Waals surface area contributed by atoms with Crippen LogP contribution in [0.4, 0.5) is 0 Å². The summed E-state index contributed by atoms with van der Waals surface area (Å²) >= 11 is 3.50. The lowest BCUT2D eigenvalue weighted by Gasteiger charge is -2.08. The summed E-state index contributed by atoms with van der Waals surface area (Å²) in [5.41, 5.74) is 1.21. The molecule has 0 aliphatic heterocycles. The van der Waals surface area contributed by atoms with Gasteiger partial charge in [0, 0.05) is 13.5 Å². The Hall–Kier alpha value is -1.40. The van der Waals surface area contributed by atoms with Crippen LogP contribution in [-0.4, -0.2) is 16.7 Å². The Morgan fingerprint density at radius 2 is 2.26 bits per heavy atom. The number of ether oxygens (including phenoxy) is 1. The van der Waals surface area contributed by atoms with Crippen molar-refractivity contribution in [3.05, 3.63) is 40.0 Å². The van der Waals surface area contributed by atoms with Crippen molar-refractivity contribution >= 4 is 15.9 Å². The number of nitrogens with zero attached hydrogens (tertiary/aromatic N) is 2. The third-order valence-electron chi connectivity index (χ3n) is 2.50. The molecule has 6 heteroatoms. The zero-order valence-corrected chi connectivity index (χ0v) is 12.5. The van der Waals surface area contributed by atoms with Crippen molar-refractivity contribution in [2.24, 2.45) is 0 Å². The predicted octanol–water partition coefficient (Wildman–Crippen LogP) is 2.83. The Bertz CT molecular complexity index is 542. The summed E-state index contributed by atoms with van der Waals surface area (Å²) in [5.74, 6) is 1.85. The normalized spacial score (nSPS) is 10.7. The van der Waals surface area contributed by atoms with Gasteiger partial charge < -0.3 is 14.6 Å². The predicted molar refractivity (Wildman–Crippen MR) is 74.9 cm³/mol. The Kier molecular flexibility index (Phi) is 4.93. The number of halogens is 1. The molecule has 0 aliphatic rings. The van der Waals surface area contributed by atoms with Gasteiger partial charge in [0.25, 0.3) is 0 Å². The van der Waals surface area contributed by atoms with Crippen LogP contribution >= 0.6 is 15.9 Å². The first-order valence-corrected chi connectivity index (χ1v) is 6.89. The van der Waals surface area contributed by atoms with Gasteiger partial charge in [-0.2, -0.15) is 4.98 Å². The van der Waals surface area contributed by atoms with Gasteiger partial charge in [0.2, 0.25) is 11.7 Å². The summed E-state index contributed by atoms with van der Waals surface area (Å²) < 4.78 is 11.4. The molecule has 0 saturated carbocycles. The van der Waals surface area contributed by atoms with Crippen LogP contribution in [0.1, 0.15) is 24.2 Å². The van der Waals surface area contributed by atoms with Crippen LogP contribution in [0, 0.1) is 6.92 Å². The van der Waals surface area contributed by atoms with Gasteiger partial charge in [-0.1, -0.05) is 18.1 Å². The van der Waals surface area contributed by atoms with E-state index < -0.39 is 0 Å². The number of rotatable bonds is 6. The molecule has 102 valence electrons. The monoisotopic (exact) mass is 325 g/mol. The summed E-state index contributed by atoms with van der Waals surface area (Å²) in [6.45, 7) is 5.93. The summed E-state index contributed by atoms with van der Waals surface area (Å²) in [6, 6.07) is 6.01. The van der Waals surface area contributed by atoms with Crippen LogP contribution in [0.3, 0.4) is 0 Å². The second-order valence-electron chi connectivity index (χ2n) is 4.06. The molecule has 1 N–H and O–H groups in total. The molecule has 1 aromatic carbocycles. The fourth-order valence-electron chi connectivity index (χ4n) is 1.58. The number of aromatic nitrogens is 2. The molecule has 1 heterocycles. The molecule has 2 rings (SSSR count). The smallest absolute Gasteiger partial charge is 0.223 e. The number of hydrogen-bond donors (Lipinski definition) is 1. The molecular formula is C13H16BrN3O2. The van der Waals surface area contributed by atoms with Crippen molar-refractivity contribution in [2.75, 3.05) is 6.54 Å². The Balaban J connectivity index is 1.96. The molecular weight excluding hydrogens is 310 g/mol. The fraction of sp³-hybridized carbons (Fsp3) is 0.385. The number of nitrogens with one attached hydrogen (secondary N) is 1. The SMILES string of the molecule is CCNCc1ccc(OCc2noc(C)n2)c(Br)c1. The van der Waals surface area contributed by atoms with Crippen molar-refractivity contribution in [1.82, 2.24) is 15.5 Å². The standard InChI is InChI=1S/C13H16BrN3O2/c1-3-15-7-10-4-5-12(11(14)6-10)18-8-13-16-9(2)19-17-13/h4-6,15H,3,7-8H2,1-2H3. The minimum absolute atomic E-state index is 0.294. The molecule has 0 saturated heterocycles. The maximum atomic E-state index is 5.64. The van der Waals surface area contributed by atoms with Gasteiger partial charge in [-0.25, -0.2) is 0 Å². The quantitative estimate of drug-likeness (QED) is 0.884. The minimum atomic E-state index is 0.294. The van der Waals surface area contributed by atoms with E-state index in [-0.39, 0.29) is 0 Å². The average Bonchev–Trinajstić information content (AvgIpc) is 2.81. The highest BCUT2D eigenvalue weighted by Crippen LogP contribution is 2.26. The highest BCUT2D eigenvalue weighted by molar-refractivity contribution is 9.10. The molecule has 0 aliphatic carbocycles. The van der Waals surface area contributed by atoms with Crippen LogP contribution in [0.5, 0.6) is 5.75 Å². The summed E-state index contributed by atoms with van der Waals surface area (Å²) in [7, 11) is 0. The van der Waals surface area contributed by atoms with E-state index in [4.69, 9.17) is 9.26 Å². The maximum absolute atomic E-state index is 5.64. The van der Waals surface area contributed by atoms with Crippen LogP contribution in [0.2, 0.25) is 0 Å². The molecule has 0 amide bonds. The maximum Gasteiger partial charge on any atom is 0.223 e. The third-order valence-corrected chi connectivity index (χ3v) is 3.12. The van der Waals surface area contributed by atoms with Gasteiger partial charge >= 0.3 is 0 Å². The first-order chi connectivity index (χ1) is 9.19. The highest BCUT2D eigenvalue weighted by atomic mass is 79.9. The van der Waals surface area contributed by atoms with Gasteiger partial charge in [0.1, 0.15) is 5.75 Å². The zero-order valence-electron chi connectivity index (χ0n) is 10.9. The zero-order chi connectivity index (χ0) is 13.7. The lowest BCUT2D eigenvalue weighted by Crippen LogP contribution is -2.11. The van der Waals surface area contributed by atoms with E-state index in [1.165, 1.54) is 5.56 Å². The van der Waals surface area contributed by atoms with Crippen molar-refractivity contribution < 1.29 is 9.26 Å². The Morgan fingerprint density at radius 1 is 1.42 bits per heavy atom. The third kappa shape index (κ3) is 4.04. The van der Waals surface area contributed by atoms with Gasteiger partial charge in [-0.3, -0.25) is 0 Å². The first-order valence-electron chi connectivity index (χ1n) is 6.10. The van der Waals surface area contributed by atoms with Gasteiger partial charge in [0.15, 0.2) is 6.61 Å². The van der Waals surface area contributed by atoms with Crippen molar-refractivity contribution in [1.29, 1.82) is 0 Å². The summed E-state index contributed by atoms with van der Waals surface area (Å²) in [6.07, 6.45) is 0. The van der Waals surface area contributed by atoms with E-state index in [0.717, 1.165) is 23.3 Å². The fourth-order valence-corrected chi connectivity index (χ4v) is 2.12.